The van der Waals surface area contributed by atoms with Crippen molar-refractivity contribution in [3.8, 4) is 0 Å². The summed E-state index contributed by atoms with van der Waals surface area (Å²) in [5.41, 5.74) is -0.619. The van der Waals surface area contributed by atoms with Gasteiger partial charge in [-0.25, -0.2) is 0 Å². The van der Waals surface area contributed by atoms with E-state index >= 15 is 0 Å². The summed E-state index contributed by atoms with van der Waals surface area (Å²) < 4.78 is 5.10. The van der Waals surface area contributed by atoms with Crippen LogP contribution >= 0.6 is 0 Å². The van der Waals surface area contributed by atoms with Crippen LogP contribution in [0.25, 0.3) is 0 Å². The van der Waals surface area contributed by atoms with Crippen LogP contribution in [0.4, 0.5) is 4.79 Å². The number of hydrogen-bond acceptors (Lipinski definition) is 4. The molecule has 26 heavy (non-hydrogen) atoms. The predicted molar refractivity (Wildman–Crippen MR) is 102 cm³/mol. The molecule has 0 saturated heterocycles. The van der Waals surface area contributed by atoms with Crippen molar-refractivity contribution in [1.29, 1.82) is 0 Å². The van der Waals surface area contributed by atoms with Crippen molar-refractivity contribution >= 4 is 32.9 Å². The number of carbonyl (C=O) groups is 3. The van der Waals surface area contributed by atoms with Crippen LogP contribution in [-0.2, 0) is 14.3 Å². The molecule has 1 saturated carbocycles. The summed E-state index contributed by atoms with van der Waals surface area (Å²) in [4.78, 5) is 36.3. The summed E-state index contributed by atoms with van der Waals surface area (Å²) >= 11 is 0.433. The van der Waals surface area contributed by atoms with Gasteiger partial charge in [0.25, 0.3) is 0 Å². The molecule has 1 unspecified atom stereocenters. The van der Waals surface area contributed by atoms with Gasteiger partial charge in [-0.1, -0.05) is 0 Å². The second-order valence-electron chi connectivity index (χ2n) is 7.60. The first-order valence-electron chi connectivity index (χ1n) is 9.27. The zero-order chi connectivity index (χ0) is 19.6. The van der Waals surface area contributed by atoms with Gasteiger partial charge in [0, 0.05) is 0 Å². The summed E-state index contributed by atoms with van der Waals surface area (Å²) in [6.07, 6.45) is 5.48. The molecule has 1 rings (SSSR count). The summed E-state index contributed by atoms with van der Waals surface area (Å²) in [6, 6.07) is -0.339. The van der Waals surface area contributed by atoms with E-state index in [1.165, 1.54) is 6.42 Å². The molecule has 3 N–H and O–H groups in total. The number of amides is 3. The second-order valence-corrected chi connectivity index (χ2v) is 9.67. The molecule has 1 aliphatic rings. The van der Waals surface area contributed by atoms with E-state index in [0.717, 1.165) is 31.0 Å². The maximum atomic E-state index is 12.5. The van der Waals surface area contributed by atoms with Crippen molar-refractivity contribution in [1.82, 2.24) is 16.0 Å². The zero-order valence-electron chi connectivity index (χ0n) is 16.4. The normalized spacial score (nSPS) is 16.5. The van der Waals surface area contributed by atoms with Gasteiger partial charge in [-0.15, -0.1) is 0 Å². The van der Waals surface area contributed by atoms with Gasteiger partial charge in [0.2, 0.25) is 0 Å². The number of ether oxygens (including phenoxy) is 1. The molecule has 0 spiro atoms. The Morgan fingerprint density at radius 3 is 2.38 bits per heavy atom. The molecule has 1 aliphatic carbocycles. The molecular formula is C18H33N3O4Se. The van der Waals surface area contributed by atoms with Crippen LogP contribution in [0.2, 0.25) is 11.1 Å². The van der Waals surface area contributed by atoms with Gasteiger partial charge in [-0.2, -0.15) is 0 Å². The molecule has 1 atom stereocenters. The number of carbonyl (C=O) groups excluding carboxylic acids is 3. The molecule has 8 heteroatoms. The Morgan fingerprint density at radius 2 is 1.81 bits per heavy atom. The van der Waals surface area contributed by atoms with Crippen LogP contribution in [0.1, 0.15) is 59.3 Å². The summed E-state index contributed by atoms with van der Waals surface area (Å²) in [5.74, 6) is 1.60. The molecule has 150 valence electrons. The van der Waals surface area contributed by atoms with E-state index in [1.807, 2.05) is 0 Å². The van der Waals surface area contributed by atoms with Gasteiger partial charge in [-0.3, -0.25) is 0 Å². The van der Waals surface area contributed by atoms with E-state index < -0.39 is 17.7 Å². The quantitative estimate of drug-likeness (QED) is 0.509. The Bertz CT molecular complexity index is 474. The van der Waals surface area contributed by atoms with Gasteiger partial charge in [-0.05, 0) is 0 Å². The van der Waals surface area contributed by atoms with E-state index in [-0.39, 0.29) is 24.4 Å². The Balaban J connectivity index is 2.47. The molecule has 0 heterocycles. The molecule has 7 nitrogen and oxygen atoms in total. The number of alkyl carbamates (subject to hydrolysis) is 1. The monoisotopic (exact) mass is 435 g/mol. The van der Waals surface area contributed by atoms with Crippen molar-refractivity contribution in [2.75, 3.05) is 6.54 Å². The summed E-state index contributed by atoms with van der Waals surface area (Å²) in [5, 5.41) is 9.15. The number of nitrogens with one attached hydrogen (secondary N) is 3. The fourth-order valence-electron chi connectivity index (χ4n) is 2.77. The maximum absolute atomic E-state index is 12.5. The van der Waals surface area contributed by atoms with E-state index in [0.29, 0.717) is 21.4 Å². The SMILES string of the molecule is C[Se]CCC(NC(=O)CNC(=O)OC(C)(C)C)C(=O)NC1CCCCC1. The molecular weight excluding hydrogens is 401 g/mol. The van der Waals surface area contributed by atoms with Gasteiger partial charge in [0.05, 0.1) is 0 Å². The van der Waals surface area contributed by atoms with Crippen LogP contribution < -0.4 is 16.0 Å². The van der Waals surface area contributed by atoms with Gasteiger partial charge >= 0.3 is 163 Å². The van der Waals surface area contributed by atoms with E-state index in [2.05, 4.69) is 21.8 Å². The molecule has 0 aromatic heterocycles. The minimum atomic E-state index is -0.646. The molecule has 0 radical (unpaired) electrons. The third-order valence-corrected chi connectivity index (χ3v) is 5.36. The first-order valence-corrected chi connectivity index (χ1v) is 12.2. The first kappa shape index (κ1) is 22.8. The van der Waals surface area contributed by atoms with E-state index in [4.69, 9.17) is 4.74 Å². The van der Waals surface area contributed by atoms with Crippen LogP contribution in [0.15, 0.2) is 0 Å². The van der Waals surface area contributed by atoms with Gasteiger partial charge < -0.3 is 0 Å². The third kappa shape index (κ3) is 10.0. The Kier molecular flexibility index (Phi) is 10.0. The average Bonchev–Trinajstić information content (AvgIpc) is 2.56. The second kappa shape index (κ2) is 11.4. The van der Waals surface area contributed by atoms with Crippen LogP contribution in [0.3, 0.4) is 0 Å². The first-order chi connectivity index (χ1) is 12.2. The Morgan fingerprint density at radius 1 is 1.15 bits per heavy atom. The van der Waals surface area contributed by atoms with Gasteiger partial charge in [0.15, 0.2) is 0 Å². The fourth-order valence-corrected chi connectivity index (χ4v) is 3.75. The predicted octanol–water partition coefficient (Wildman–Crippen LogP) is 2.01. The fraction of sp³-hybridized carbons (Fsp3) is 0.833. The average molecular weight is 434 g/mol. The molecule has 3 amide bonds. The molecule has 0 aliphatic heterocycles. The summed E-state index contributed by atoms with van der Waals surface area (Å²) in [6.45, 7) is 5.06. The third-order valence-electron chi connectivity index (χ3n) is 4.01. The Hall–Kier alpha value is -1.27. The van der Waals surface area contributed by atoms with Crippen LogP contribution in [0.5, 0.6) is 0 Å². The topological polar surface area (TPSA) is 96.5 Å². The Labute approximate surface area is 162 Å². The number of hydrogen-bond donors (Lipinski definition) is 3. The molecule has 0 aromatic carbocycles. The molecule has 0 bridgehead atoms. The van der Waals surface area contributed by atoms with Crippen LogP contribution in [-0.4, -0.2) is 57.1 Å². The molecule has 0 aromatic rings. The van der Waals surface area contributed by atoms with Gasteiger partial charge in [0.1, 0.15) is 0 Å². The van der Waals surface area contributed by atoms with Crippen molar-refractivity contribution < 1.29 is 19.1 Å². The zero-order valence-corrected chi connectivity index (χ0v) is 18.1. The summed E-state index contributed by atoms with van der Waals surface area (Å²) in [7, 11) is 0. The standard InChI is InChI=1S/C18H33N3O4Se/c1-18(2,3)25-17(24)19-12-15(22)21-14(10-11-26-4)16(23)20-13-8-6-5-7-9-13/h13-14H,5-12H2,1-4H3,(H,19,24)(H,20,23)(H,21,22). The minimum absolute atomic E-state index is 0.119. The van der Waals surface area contributed by atoms with Crippen LogP contribution in [0, 0.1) is 0 Å². The van der Waals surface area contributed by atoms with E-state index in [1.54, 1.807) is 20.8 Å². The van der Waals surface area contributed by atoms with Crippen molar-refractivity contribution in [3.63, 3.8) is 0 Å². The van der Waals surface area contributed by atoms with Crippen molar-refractivity contribution in [3.05, 3.63) is 0 Å². The number of rotatable bonds is 8. The van der Waals surface area contributed by atoms with E-state index in [9.17, 15) is 14.4 Å². The molecule has 1 fully saturated rings. The van der Waals surface area contributed by atoms with Crippen molar-refractivity contribution in [2.24, 2.45) is 0 Å². The van der Waals surface area contributed by atoms with Crippen molar-refractivity contribution in [2.45, 2.75) is 88.1 Å².